The fourth-order valence-electron chi connectivity index (χ4n) is 6.38. The minimum absolute atomic E-state index is 0.0209. The third kappa shape index (κ3) is 5.25. The van der Waals surface area contributed by atoms with Gasteiger partial charge < -0.3 is 10.2 Å². The van der Waals surface area contributed by atoms with E-state index in [1.165, 1.54) is 22.6 Å². The van der Waals surface area contributed by atoms with Crippen LogP contribution in [0.1, 0.15) is 111 Å². The molecule has 194 valence electrons. The van der Waals surface area contributed by atoms with Gasteiger partial charge in [0.2, 0.25) is 11.8 Å². The molecule has 1 N–H and O–H groups in total. The first-order valence-corrected chi connectivity index (χ1v) is 15.0. The van der Waals surface area contributed by atoms with E-state index in [0.29, 0.717) is 5.92 Å². The summed E-state index contributed by atoms with van der Waals surface area (Å²) in [4.78, 5) is 35.6. The standard InChI is InChI=1S/C30H41N3O2S/c1-3-20(2)28(34)32-26(22-14-8-5-9-15-22)30(35)33-19-11-18-25(33)29-31-24-17-10-16-23(27(24)36-29)21-12-6-4-7-13-21/h4,6-7,12-13,20,22-23,25-26H,3,5,8-11,14-19H2,1-2H3,(H,32,34). The van der Waals surface area contributed by atoms with Gasteiger partial charge in [-0.05, 0) is 62.8 Å². The molecule has 36 heavy (non-hydrogen) atoms. The summed E-state index contributed by atoms with van der Waals surface area (Å²) < 4.78 is 0. The molecule has 5 nitrogen and oxygen atoms in total. The van der Waals surface area contributed by atoms with E-state index in [9.17, 15) is 9.59 Å². The molecule has 2 heterocycles. The molecule has 1 aromatic heterocycles. The lowest BCUT2D eigenvalue weighted by Crippen LogP contribution is -2.53. The SMILES string of the molecule is CCC(C)C(=O)NC(C(=O)N1CCCC1c1nc2c(s1)C(c1ccccc1)CCC2)C1CCCCC1. The molecule has 2 amide bonds. The van der Waals surface area contributed by atoms with Crippen LogP contribution in [0, 0.1) is 11.8 Å². The highest BCUT2D eigenvalue weighted by molar-refractivity contribution is 7.12. The first kappa shape index (κ1) is 25.4. The molecule has 3 aliphatic rings. The third-order valence-corrected chi connectivity index (χ3v) is 10.0. The molecule has 1 aliphatic heterocycles. The van der Waals surface area contributed by atoms with E-state index in [-0.39, 0.29) is 29.7 Å². The van der Waals surface area contributed by atoms with Gasteiger partial charge in [0.15, 0.2) is 0 Å². The van der Waals surface area contributed by atoms with E-state index >= 15 is 0 Å². The zero-order valence-corrected chi connectivity index (χ0v) is 22.7. The average Bonchev–Trinajstić information content (AvgIpc) is 3.59. The highest BCUT2D eigenvalue weighted by Crippen LogP contribution is 2.44. The number of nitrogens with zero attached hydrogens (tertiary/aromatic N) is 2. The van der Waals surface area contributed by atoms with Crippen molar-refractivity contribution in [1.29, 1.82) is 0 Å². The van der Waals surface area contributed by atoms with Gasteiger partial charge in [-0.2, -0.15) is 0 Å². The van der Waals surface area contributed by atoms with Crippen LogP contribution in [0.4, 0.5) is 0 Å². The Morgan fingerprint density at radius 3 is 2.58 bits per heavy atom. The van der Waals surface area contributed by atoms with Gasteiger partial charge in [0, 0.05) is 23.3 Å². The number of hydrogen-bond donors (Lipinski definition) is 1. The van der Waals surface area contributed by atoms with Gasteiger partial charge in [-0.3, -0.25) is 9.59 Å². The summed E-state index contributed by atoms with van der Waals surface area (Å²) in [5, 5.41) is 4.32. The molecule has 1 saturated carbocycles. The summed E-state index contributed by atoms with van der Waals surface area (Å²) in [6, 6.07) is 10.4. The highest BCUT2D eigenvalue weighted by Gasteiger charge is 2.40. The second-order valence-electron chi connectivity index (χ2n) is 11.1. The molecule has 0 bridgehead atoms. The first-order chi connectivity index (χ1) is 17.6. The molecular formula is C30H41N3O2S. The van der Waals surface area contributed by atoms with Crippen LogP contribution in [0.5, 0.6) is 0 Å². The maximum atomic E-state index is 14.1. The number of benzene rings is 1. The maximum Gasteiger partial charge on any atom is 0.246 e. The summed E-state index contributed by atoms with van der Waals surface area (Å²) in [7, 11) is 0. The molecule has 2 fully saturated rings. The van der Waals surface area contributed by atoms with Gasteiger partial charge in [-0.25, -0.2) is 4.98 Å². The van der Waals surface area contributed by atoms with Crippen LogP contribution in [-0.2, 0) is 16.0 Å². The number of likely N-dealkylation sites (tertiary alicyclic amines) is 1. The summed E-state index contributed by atoms with van der Waals surface area (Å²) >= 11 is 1.83. The molecule has 0 radical (unpaired) electrons. The third-order valence-electron chi connectivity index (χ3n) is 8.73. The predicted octanol–water partition coefficient (Wildman–Crippen LogP) is 6.39. The number of carbonyl (C=O) groups is 2. The number of aryl methyl sites for hydroxylation is 1. The Bertz CT molecular complexity index is 1050. The van der Waals surface area contributed by atoms with E-state index in [0.717, 1.165) is 75.8 Å². The summed E-state index contributed by atoms with van der Waals surface area (Å²) in [5.41, 5.74) is 2.61. The van der Waals surface area contributed by atoms with Crippen molar-refractivity contribution in [3.8, 4) is 0 Å². The summed E-state index contributed by atoms with van der Waals surface area (Å²) in [6.45, 7) is 4.75. The Morgan fingerprint density at radius 1 is 1.06 bits per heavy atom. The number of carbonyl (C=O) groups excluding carboxylic acids is 2. The van der Waals surface area contributed by atoms with Crippen molar-refractivity contribution in [3.05, 3.63) is 51.5 Å². The number of fused-ring (bicyclic) bond motifs is 1. The van der Waals surface area contributed by atoms with Gasteiger partial charge in [0.05, 0.1) is 11.7 Å². The molecule has 1 aromatic carbocycles. The van der Waals surface area contributed by atoms with E-state index < -0.39 is 6.04 Å². The molecule has 4 atom stereocenters. The molecule has 5 rings (SSSR count). The first-order valence-electron chi connectivity index (χ1n) is 14.2. The van der Waals surface area contributed by atoms with E-state index in [2.05, 4.69) is 40.5 Å². The van der Waals surface area contributed by atoms with E-state index in [1.807, 2.05) is 25.2 Å². The lowest BCUT2D eigenvalue weighted by Gasteiger charge is -2.35. The molecule has 2 aliphatic carbocycles. The van der Waals surface area contributed by atoms with E-state index in [1.54, 1.807) is 0 Å². The van der Waals surface area contributed by atoms with Crippen molar-refractivity contribution in [2.45, 2.75) is 102 Å². The van der Waals surface area contributed by atoms with Crippen molar-refractivity contribution in [3.63, 3.8) is 0 Å². The number of hydrogen-bond acceptors (Lipinski definition) is 4. The van der Waals surface area contributed by atoms with Gasteiger partial charge in [-0.15, -0.1) is 11.3 Å². The fraction of sp³-hybridized carbons (Fsp3) is 0.633. The Labute approximate surface area is 220 Å². The van der Waals surface area contributed by atoms with Crippen molar-refractivity contribution >= 4 is 23.2 Å². The maximum absolute atomic E-state index is 14.1. The van der Waals surface area contributed by atoms with Crippen LogP contribution in [0.25, 0.3) is 0 Å². The Kier molecular flexibility index (Phi) is 8.09. The molecule has 1 saturated heterocycles. The molecular weight excluding hydrogens is 466 g/mol. The second-order valence-corrected chi connectivity index (χ2v) is 12.2. The van der Waals surface area contributed by atoms with Crippen molar-refractivity contribution in [2.75, 3.05) is 6.54 Å². The second kappa shape index (κ2) is 11.5. The molecule has 0 spiro atoms. The van der Waals surface area contributed by atoms with Gasteiger partial charge in [0.25, 0.3) is 0 Å². The van der Waals surface area contributed by atoms with Crippen LogP contribution in [-0.4, -0.2) is 34.3 Å². The summed E-state index contributed by atoms with van der Waals surface area (Å²) in [6.07, 6.45) is 11.7. The van der Waals surface area contributed by atoms with Crippen LogP contribution in [0.3, 0.4) is 0 Å². The number of thiazole rings is 1. The zero-order chi connectivity index (χ0) is 25.1. The topological polar surface area (TPSA) is 62.3 Å². The monoisotopic (exact) mass is 507 g/mol. The van der Waals surface area contributed by atoms with Crippen molar-refractivity contribution in [1.82, 2.24) is 15.2 Å². The highest BCUT2D eigenvalue weighted by atomic mass is 32.1. The van der Waals surface area contributed by atoms with Crippen molar-refractivity contribution in [2.24, 2.45) is 11.8 Å². The van der Waals surface area contributed by atoms with Crippen LogP contribution in [0.2, 0.25) is 0 Å². The largest absolute Gasteiger partial charge is 0.344 e. The zero-order valence-electron chi connectivity index (χ0n) is 21.9. The quantitative estimate of drug-likeness (QED) is 0.473. The van der Waals surface area contributed by atoms with Gasteiger partial charge in [-0.1, -0.05) is 63.4 Å². The summed E-state index contributed by atoms with van der Waals surface area (Å²) in [5.74, 6) is 0.726. The number of amides is 2. The molecule has 4 unspecified atom stereocenters. The average molecular weight is 508 g/mol. The molecule has 6 heteroatoms. The lowest BCUT2D eigenvalue weighted by atomic mass is 9.83. The normalized spacial score (nSPS) is 24.2. The van der Waals surface area contributed by atoms with Crippen LogP contribution < -0.4 is 5.32 Å². The molecule has 2 aromatic rings. The Morgan fingerprint density at radius 2 is 1.83 bits per heavy atom. The number of aromatic nitrogens is 1. The lowest BCUT2D eigenvalue weighted by molar-refractivity contribution is -0.140. The number of nitrogens with one attached hydrogen (secondary N) is 1. The van der Waals surface area contributed by atoms with E-state index in [4.69, 9.17) is 4.98 Å². The van der Waals surface area contributed by atoms with Crippen molar-refractivity contribution < 1.29 is 9.59 Å². The van der Waals surface area contributed by atoms with Gasteiger partial charge in [0.1, 0.15) is 11.0 Å². The minimum Gasteiger partial charge on any atom is -0.344 e. The van der Waals surface area contributed by atoms with Gasteiger partial charge >= 0.3 is 0 Å². The minimum atomic E-state index is -0.404. The smallest absolute Gasteiger partial charge is 0.246 e. The Hall–Kier alpha value is -2.21. The Balaban J connectivity index is 1.39. The predicted molar refractivity (Wildman–Crippen MR) is 145 cm³/mol. The number of rotatable bonds is 7. The van der Waals surface area contributed by atoms with Crippen LogP contribution in [0.15, 0.2) is 30.3 Å². The van der Waals surface area contributed by atoms with Crippen LogP contribution >= 0.6 is 11.3 Å². The fourth-order valence-corrected chi connectivity index (χ4v) is 7.80.